The Morgan fingerprint density at radius 3 is 0.923 bits per heavy atom. The van der Waals surface area contributed by atoms with E-state index in [1.54, 1.807) is 0 Å². The minimum absolute atomic E-state index is 0.375. The molecule has 52 heavy (non-hydrogen) atoms. The molecule has 0 aliphatic rings. The summed E-state index contributed by atoms with van der Waals surface area (Å²) < 4.78 is 0. The Labute approximate surface area is 324 Å². The summed E-state index contributed by atoms with van der Waals surface area (Å²) in [5.41, 5.74) is 0. The van der Waals surface area contributed by atoms with Crippen LogP contribution in [0, 0.1) is 0 Å². The fraction of sp³-hybridized carbons (Fsp3) is 0.978. The normalized spacial score (nSPS) is 14.0. The van der Waals surface area contributed by atoms with Crippen molar-refractivity contribution in [3.8, 4) is 0 Å². The molecule has 0 spiro atoms. The summed E-state index contributed by atoms with van der Waals surface area (Å²) in [6.07, 6.45) is 44.2. The van der Waals surface area contributed by atoms with E-state index in [0.29, 0.717) is 12.8 Å². The topological polar surface area (TPSA) is 110 Å². The molecule has 0 aromatic heterocycles. The van der Waals surface area contributed by atoms with Crippen molar-refractivity contribution >= 4 is 5.91 Å². The minimum atomic E-state index is -1.25. The molecular formula is C46H93NO5. The Kier molecular flexibility index (Phi) is 40.9. The smallest absolute Gasteiger partial charge is 0.249 e. The van der Waals surface area contributed by atoms with E-state index in [4.69, 9.17) is 0 Å². The van der Waals surface area contributed by atoms with Crippen LogP contribution in [0.3, 0.4) is 0 Å². The van der Waals surface area contributed by atoms with Gasteiger partial charge in [-0.15, -0.1) is 0 Å². The van der Waals surface area contributed by atoms with Crippen LogP contribution < -0.4 is 5.32 Å². The van der Waals surface area contributed by atoms with Gasteiger partial charge in [0.15, 0.2) is 0 Å². The van der Waals surface area contributed by atoms with E-state index in [2.05, 4.69) is 19.2 Å². The molecule has 0 fully saturated rings. The Morgan fingerprint density at radius 1 is 0.404 bits per heavy atom. The summed E-state index contributed by atoms with van der Waals surface area (Å²) in [7, 11) is 0. The first-order valence-corrected chi connectivity index (χ1v) is 23.4. The number of rotatable bonds is 43. The Balaban J connectivity index is 3.67. The third kappa shape index (κ3) is 35.0. The van der Waals surface area contributed by atoms with Gasteiger partial charge in [-0.05, 0) is 12.8 Å². The summed E-state index contributed by atoms with van der Waals surface area (Å²) in [6, 6.07) is -0.979. The highest BCUT2D eigenvalue weighted by Gasteiger charge is 2.28. The minimum Gasteiger partial charge on any atom is -0.394 e. The molecule has 0 aliphatic heterocycles. The first kappa shape index (κ1) is 51.3. The number of amides is 1. The lowest BCUT2D eigenvalue weighted by Crippen LogP contribution is -2.53. The number of carbonyl (C=O) groups is 1. The van der Waals surface area contributed by atoms with Crippen molar-refractivity contribution in [3.05, 3.63) is 0 Å². The van der Waals surface area contributed by atoms with E-state index in [1.165, 1.54) is 193 Å². The van der Waals surface area contributed by atoms with Gasteiger partial charge in [0.1, 0.15) is 12.2 Å². The van der Waals surface area contributed by atoms with Crippen LogP contribution in [0.5, 0.6) is 0 Å². The fourth-order valence-electron chi connectivity index (χ4n) is 7.58. The quantitative estimate of drug-likeness (QED) is 0.0400. The highest BCUT2D eigenvalue weighted by molar-refractivity contribution is 5.80. The molecule has 1 amide bonds. The molecule has 0 saturated heterocycles. The van der Waals surface area contributed by atoms with Gasteiger partial charge in [0.05, 0.1) is 18.8 Å². The van der Waals surface area contributed by atoms with Gasteiger partial charge in [0.25, 0.3) is 0 Å². The first-order valence-electron chi connectivity index (χ1n) is 23.4. The van der Waals surface area contributed by atoms with Crippen LogP contribution in [0.4, 0.5) is 0 Å². The van der Waals surface area contributed by atoms with E-state index < -0.39 is 36.9 Å². The van der Waals surface area contributed by atoms with Gasteiger partial charge in [0.2, 0.25) is 5.91 Å². The molecule has 0 saturated carbocycles. The maximum atomic E-state index is 12.5. The lowest BCUT2D eigenvalue weighted by molar-refractivity contribution is -0.132. The molecule has 0 aliphatic carbocycles. The van der Waals surface area contributed by atoms with Crippen molar-refractivity contribution < 1.29 is 25.2 Å². The second-order valence-electron chi connectivity index (χ2n) is 16.5. The molecule has 4 unspecified atom stereocenters. The largest absolute Gasteiger partial charge is 0.394 e. The van der Waals surface area contributed by atoms with Crippen molar-refractivity contribution in [2.75, 3.05) is 6.61 Å². The first-order chi connectivity index (χ1) is 25.5. The van der Waals surface area contributed by atoms with Crippen molar-refractivity contribution in [3.63, 3.8) is 0 Å². The highest BCUT2D eigenvalue weighted by Crippen LogP contribution is 2.18. The zero-order chi connectivity index (χ0) is 38.2. The van der Waals surface area contributed by atoms with E-state index >= 15 is 0 Å². The van der Waals surface area contributed by atoms with Crippen LogP contribution in [0.2, 0.25) is 0 Å². The van der Waals surface area contributed by atoms with Crippen LogP contribution in [-0.2, 0) is 4.79 Å². The predicted octanol–water partition coefficient (Wildman–Crippen LogP) is 12.4. The zero-order valence-electron chi connectivity index (χ0n) is 35.1. The number of hydrogen-bond acceptors (Lipinski definition) is 5. The number of aliphatic hydroxyl groups is 4. The van der Waals surface area contributed by atoms with Crippen molar-refractivity contribution in [1.82, 2.24) is 5.32 Å². The lowest BCUT2D eigenvalue weighted by Gasteiger charge is -2.27. The van der Waals surface area contributed by atoms with E-state index in [1.807, 2.05) is 0 Å². The van der Waals surface area contributed by atoms with Gasteiger partial charge in [-0.25, -0.2) is 0 Å². The summed E-state index contributed by atoms with van der Waals surface area (Å²) in [5.74, 6) is -0.579. The Bertz CT molecular complexity index is 706. The van der Waals surface area contributed by atoms with Gasteiger partial charge in [-0.2, -0.15) is 0 Å². The highest BCUT2D eigenvalue weighted by atomic mass is 16.3. The number of carbonyl (C=O) groups excluding carboxylic acids is 1. The Hall–Kier alpha value is -0.690. The van der Waals surface area contributed by atoms with E-state index in [0.717, 1.165) is 38.5 Å². The van der Waals surface area contributed by atoms with Crippen LogP contribution in [-0.4, -0.2) is 57.3 Å². The van der Waals surface area contributed by atoms with Crippen LogP contribution in [0.15, 0.2) is 0 Å². The number of hydrogen-bond donors (Lipinski definition) is 5. The third-order valence-electron chi connectivity index (χ3n) is 11.3. The lowest BCUT2D eigenvalue weighted by atomic mass is 9.99. The summed E-state index contributed by atoms with van der Waals surface area (Å²) in [5, 5.41) is 43.8. The van der Waals surface area contributed by atoms with Gasteiger partial charge in [-0.1, -0.05) is 245 Å². The van der Waals surface area contributed by atoms with Crippen molar-refractivity contribution in [1.29, 1.82) is 0 Å². The molecule has 6 heteroatoms. The zero-order valence-corrected chi connectivity index (χ0v) is 35.1. The maximum Gasteiger partial charge on any atom is 0.249 e. The number of unbranched alkanes of at least 4 members (excludes halogenated alkanes) is 34. The second kappa shape index (κ2) is 41.5. The molecule has 0 rings (SSSR count). The van der Waals surface area contributed by atoms with Crippen molar-refractivity contribution in [2.45, 2.75) is 282 Å². The van der Waals surface area contributed by atoms with Crippen molar-refractivity contribution in [2.24, 2.45) is 0 Å². The molecule has 0 aromatic carbocycles. The molecular weight excluding hydrogens is 647 g/mol. The predicted molar refractivity (Wildman–Crippen MR) is 224 cm³/mol. The standard InChI is InChI=1S/C46H93NO5/c1-3-5-7-9-11-13-15-17-19-21-22-23-24-26-27-29-31-33-35-37-39-43(49)45(51)42(41-48)47-46(52)44(50)40-38-36-34-32-30-28-25-20-18-16-14-12-10-8-6-4-2/h42-45,48-51H,3-41H2,1-2H3,(H,47,52). The van der Waals surface area contributed by atoms with Gasteiger partial charge in [-0.3, -0.25) is 4.79 Å². The van der Waals surface area contributed by atoms with E-state index in [9.17, 15) is 25.2 Å². The summed E-state index contributed by atoms with van der Waals surface area (Å²) in [4.78, 5) is 12.5. The average molecular weight is 740 g/mol. The van der Waals surface area contributed by atoms with Gasteiger partial charge >= 0.3 is 0 Å². The summed E-state index contributed by atoms with van der Waals surface area (Å²) in [6.45, 7) is 4.07. The average Bonchev–Trinajstić information content (AvgIpc) is 3.15. The molecule has 0 bridgehead atoms. The van der Waals surface area contributed by atoms with Crippen LogP contribution >= 0.6 is 0 Å². The second-order valence-corrected chi connectivity index (χ2v) is 16.5. The molecule has 0 aromatic rings. The number of aliphatic hydroxyl groups excluding tert-OH is 4. The van der Waals surface area contributed by atoms with Gasteiger partial charge < -0.3 is 25.7 Å². The molecule has 0 radical (unpaired) electrons. The maximum absolute atomic E-state index is 12.5. The summed E-state index contributed by atoms with van der Waals surface area (Å²) >= 11 is 0. The third-order valence-corrected chi connectivity index (χ3v) is 11.3. The van der Waals surface area contributed by atoms with E-state index in [-0.39, 0.29) is 0 Å². The van der Waals surface area contributed by atoms with Gasteiger partial charge in [0, 0.05) is 0 Å². The molecule has 4 atom stereocenters. The fourth-order valence-corrected chi connectivity index (χ4v) is 7.58. The Morgan fingerprint density at radius 2 is 0.654 bits per heavy atom. The monoisotopic (exact) mass is 740 g/mol. The molecule has 312 valence electrons. The molecule has 0 heterocycles. The molecule has 6 nitrogen and oxygen atoms in total. The SMILES string of the molecule is CCCCCCCCCCCCCCCCCCCCCCC(O)C(O)C(CO)NC(=O)C(O)CCCCCCCCCCCCCCCCCC. The van der Waals surface area contributed by atoms with Crippen LogP contribution in [0.25, 0.3) is 0 Å². The molecule has 5 N–H and O–H groups in total. The number of nitrogens with one attached hydrogen (secondary N) is 1. The van der Waals surface area contributed by atoms with Crippen LogP contribution in [0.1, 0.15) is 258 Å².